The molecule has 1 N–H and O–H groups in total. The Kier molecular flexibility index (Phi) is 9.68. The van der Waals surface area contributed by atoms with E-state index in [9.17, 15) is 24.1 Å². The van der Waals surface area contributed by atoms with E-state index in [-0.39, 0.29) is 6.16 Å². The molecule has 1 aliphatic heterocycles. The maximum atomic E-state index is 13.2. The Morgan fingerprint density at radius 1 is 1.23 bits per heavy atom. The van der Waals surface area contributed by atoms with E-state index in [1.54, 1.807) is 0 Å². The van der Waals surface area contributed by atoms with Crippen LogP contribution in [0.5, 0.6) is 0 Å². The van der Waals surface area contributed by atoms with E-state index in [2.05, 4.69) is 0 Å². The van der Waals surface area contributed by atoms with Crippen molar-refractivity contribution in [1.29, 1.82) is 0 Å². The van der Waals surface area contributed by atoms with Gasteiger partial charge in [-0.1, -0.05) is 30.3 Å². The molecular formula is C21H30NO8P. The Morgan fingerprint density at radius 3 is 2.58 bits per heavy atom. The lowest BCUT2D eigenvalue weighted by Gasteiger charge is -2.27. The Morgan fingerprint density at radius 2 is 1.94 bits per heavy atom. The van der Waals surface area contributed by atoms with Crippen LogP contribution >= 0.6 is 7.60 Å². The van der Waals surface area contributed by atoms with Gasteiger partial charge in [0.15, 0.2) is 0 Å². The summed E-state index contributed by atoms with van der Waals surface area (Å²) in [6.07, 6.45) is 1.85. The second-order valence-corrected chi connectivity index (χ2v) is 9.57. The lowest BCUT2D eigenvalue weighted by Crippen LogP contribution is -2.45. The third-order valence-corrected chi connectivity index (χ3v) is 6.99. The molecule has 9 nitrogen and oxygen atoms in total. The minimum atomic E-state index is -3.76. The molecule has 0 aliphatic carbocycles. The first-order chi connectivity index (χ1) is 14.7. The van der Waals surface area contributed by atoms with Crippen LogP contribution in [0.2, 0.25) is 0 Å². The lowest BCUT2D eigenvalue weighted by atomic mass is 10.1. The van der Waals surface area contributed by atoms with Crippen molar-refractivity contribution in [1.82, 2.24) is 4.90 Å². The number of hydrogen-bond donors (Lipinski definition) is 1. The molecule has 1 aromatic rings. The molecule has 2 rings (SSSR count). The van der Waals surface area contributed by atoms with E-state index in [1.807, 2.05) is 30.3 Å². The number of aliphatic carboxylic acids is 1. The number of carbonyl (C=O) groups is 3. The maximum absolute atomic E-state index is 13.2. The predicted octanol–water partition coefficient (Wildman–Crippen LogP) is 3.22. The van der Waals surface area contributed by atoms with Crippen molar-refractivity contribution in [3.05, 3.63) is 35.9 Å². The van der Waals surface area contributed by atoms with Crippen LogP contribution in [0.4, 0.5) is 0 Å². The third kappa shape index (κ3) is 8.09. The molecule has 0 radical (unpaired) electrons. The average Bonchev–Trinajstić information content (AvgIpc) is 3.21. The molecule has 1 saturated heterocycles. The number of ether oxygens (including phenoxy) is 1. The SMILES string of the molecule is CC(=O)OCOP(=O)(CCCCc1ccccc1)OC(C)C(=O)N1CCC[C@H]1C(=O)O. The van der Waals surface area contributed by atoms with Gasteiger partial charge in [0.25, 0.3) is 5.91 Å². The highest BCUT2D eigenvalue weighted by molar-refractivity contribution is 7.53. The van der Waals surface area contributed by atoms with Crippen molar-refractivity contribution in [2.24, 2.45) is 0 Å². The number of benzene rings is 1. The van der Waals surface area contributed by atoms with Crippen LogP contribution in [0.3, 0.4) is 0 Å². The molecule has 3 atom stereocenters. The fraction of sp³-hybridized carbons (Fsp3) is 0.571. The van der Waals surface area contributed by atoms with Gasteiger partial charge < -0.3 is 14.7 Å². The minimum Gasteiger partial charge on any atom is -0.480 e. The van der Waals surface area contributed by atoms with Gasteiger partial charge in [0.05, 0.1) is 6.16 Å². The highest BCUT2D eigenvalue weighted by atomic mass is 31.2. The molecular weight excluding hydrogens is 425 g/mol. The lowest BCUT2D eigenvalue weighted by molar-refractivity contribution is -0.151. The van der Waals surface area contributed by atoms with Crippen molar-refractivity contribution in [3.8, 4) is 0 Å². The molecule has 1 aromatic carbocycles. The van der Waals surface area contributed by atoms with Crippen LogP contribution in [-0.2, 0) is 39.2 Å². The topological polar surface area (TPSA) is 119 Å². The Labute approximate surface area is 182 Å². The summed E-state index contributed by atoms with van der Waals surface area (Å²) in [5.74, 6) is -2.22. The van der Waals surface area contributed by atoms with E-state index >= 15 is 0 Å². The quantitative estimate of drug-likeness (QED) is 0.221. The zero-order valence-corrected chi connectivity index (χ0v) is 18.8. The first-order valence-electron chi connectivity index (χ1n) is 10.3. The molecule has 0 aromatic heterocycles. The molecule has 31 heavy (non-hydrogen) atoms. The first-order valence-corrected chi connectivity index (χ1v) is 12.1. The number of carboxylic acid groups (broad SMARTS) is 1. The van der Waals surface area contributed by atoms with Crippen molar-refractivity contribution in [2.45, 2.75) is 58.1 Å². The van der Waals surface area contributed by atoms with Gasteiger partial charge in [0, 0.05) is 13.5 Å². The van der Waals surface area contributed by atoms with Crippen molar-refractivity contribution in [2.75, 3.05) is 19.5 Å². The standard InChI is InChI=1S/C21H30NO8P/c1-16(20(24)22-13-8-12-19(22)21(25)26)30-31(27,29-15-28-17(2)23)14-7-6-11-18-9-4-3-5-10-18/h3-5,9-10,16,19H,6-8,11-15H2,1-2H3,(H,25,26)/t16?,19-,31?/m0/s1. The van der Waals surface area contributed by atoms with Crippen molar-refractivity contribution < 1.29 is 37.8 Å². The molecule has 1 fully saturated rings. The number of likely N-dealkylation sites (tertiary alicyclic amines) is 1. The van der Waals surface area contributed by atoms with E-state index in [0.717, 1.165) is 18.4 Å². The number of rotatable bonds is 12. The van der Waals surface area contributed by atoms with E-state index < -0.39 is 44.4 Å². The van der Waals surface area contributed by atoms with Crippen molar-refractivity contribution >= 4 is 25.4 Å². The molecule has 0 saturated carbocycles. The normalized spacial score (nSPS) is 18.9. The molecule has 0 bridgehead atoms. The highest BCUT2D eigenvalue weighted by Crippen LogP contribution is 2.50. The number of hydrogen-bond acceptors (Lipinski definition) is 7. The second kappa shape index (κ2) is 12.0. The predicted molar refractivity (Wildman–Crippen MR) is 112 cm³/mol. The smallest absolute Gasteiger partial charge is 0.334 e. The number of amides is 1. The summed E-state index contributed by atoms with van der Waals surface area (Å²) < 4.78 is 28.7. The molecule has 0 spiro atoms. The number of esters is 1. The second-order valence-electron chi connectivity index (χ2n) is 7.44. The summed E-state index contributed by atoms with van der Waals surface area (Å²) in [5.41, 5.74) is 1.15. The Bertz CT molecular complexity index is 800. The van der Waals surface area contributed by atoms with Crippen LogP contribution < -0.4 is 0 Å². The van der Waals surface area contributed by atoms with E-state index in [0.29, 0.717) is 25.8 Å². The summed E-state index contributed by atoms with van der Waals surface area (Å²) in [4.78, 5) is 36.3. The summed E-state index contributed by atoms with van der Waals surface area (Å²) in [5, 5.41) is 9.29. The number of carboxylic acids is 1. The number of carbonyl (C=O) groups excluding carboxylic acids is 2. The minimum absolute atomic E-state index is 0.0427. The van der Waals surface area contributed by atoms with Crippen LogP contribution in [0.15, 0.2) is 30.3 Å². The summed E-state index contributed by atoms with van der Waals surface area (Å²) in [6, 6.07) is 8.92. The van der Waals surface area contributed by atoms with Crippen LogP contribution in [0.1, 0.15) is 45.1 Å². The molecule has 1 amide bonds. The van der Waals surface area contributed by atoms with Gasteiger partial charge in [0.2, 0.25) is 6.79 Å². The molecule has 1 aliphatic rings. The highest BCUT2D eigenvalue weighted by Gasteiger charge is 2.39. The molecule has 172 valence electrons. The van der Waals surface area contributed by atoms with E-state index in [1.165, 1.54) is 18.7 Å². The summed E-state index contributed by atoms with van der Waals surface area (Å²) in [7, 11) is -3.76. The molecule has 1 heterocycles. The van der Waals surface area contributed by atoms with Gasteiger partial charge in [-0.2, -0.15) is 0 Å². The monoisotopic (exact) mass is 455 g/mol. The largest absolute Gasteiger partial charge is 0.480 e. The fourth-order valence-corrected chi connectivity index (χ4v) is 5.11. The van der Waals surface area contributed by atoms with Gasteiger partial charge in [-0.25, -0.2) is 4.79 Å². The van der Waals surface area contributed by atoms with Gasteiger partial charge >= 0.3 is 19.5 Å². The van der Waals surface area contributed by atoms with Crippen LogP contribution in [-0.4, -0.2) is 59.5 Å². The zero-order valence-electron chi connectivity index (χ0n) is 17.9. The van der Waals surface area contributed by atoms with E-state index in [4.69, 9.17) is 13.8 Å². The maximum Gasteiger partial charge on any atom is 0.334 e. The third-order valence-electron chi connectivity index (χ3n) is 4.99. The van der Waals surface area contributed by atoms with Crippen LogP contribution in [0, 0.1) is 0 Å². The van der Waals surface area contributed by atoms with Gasteiger partial charge in [-0.15, -0.1) is 0 Å². The van der Waals surface area contributed by atoms with Gasteiger partial charge in [0.1, 0.15) is 12.1 Å². The summed E-state index contributed by atoms with van der Waals surface area (Å²) >= 11 is 0. The van der Waals surface area contributed by atoms with Crippen molar-refractivity contribution in [3.63, 3.8) is 0 Å². The molecule has 2 unspecified atom stereocenters. The van der Waals surface area contributed by atoms with Gasteiger partial charge in [-0.3, -0.25) is 23.2 Å². The average molecular weight is 455 g/mol. The number of aryl methyl sites for hydroxylation is 1. The Balaban J connectivity index is 1.96. The fourth-order valence-electron chi connectivity index (χ4n) is 3.42. The summed E-state index contributed by atoms with van der Waals surface area (Å²) in [6.45, 7) is 2.37. The zero-order chi connectivity index (χ0) is 22.9. The Hall–Kier alpha value is -2.22. The molecule has 10 heteroatoms. The first kappa shape index (κ1) is 25.0. The van der Waals surface area contributed by atoms with Gasteiger partial charge in [-0.05, 0) is 44.6 Å². The van der Waals surface area contributed by atoms with Crippen LogP contribution in [0.25, 0.3) is 0 Å². The number of nitrogens with zero attached hydrogens (tertiary/aromatic N) is 1. The number of unbranched alkanes of at least 4 members (excludes halogenated alkanes) is 1.